The Morgan fingerprint density at radius 2 is 1.91 bits per heavy atom. The van der Waals surface area contributed by atoms with Gasteiger partial charge in [-0.15, -0.1) is 10.2 Å². The van der Waals surface area contributed by atoms with Gasteiger partial charge >= 0.3 is 0 Å². The van der Waals surface area contributed by atoms with Crippen LogP contribution in [-0.2, 0) is 4.79 Å². The summed E-state index contributed by atoms with van der Waals surface area (Å²) in [6.45, 7) is 0. The summed E-state index contributed by atoms with van der Waals surface area (Å²) in [6, 6.07) is 10.3. The normalized spacial score (nSPS) is 16.0. The van der Waals surface area contributed by atoms with Crippen LogP contribution in [0.25, 0.3) is 5.69 Å². The first kappa shape index (κ1) is 16.1. The zero-order valence-electron chi connectivity index (χ0n) is 13.1. The smallest absolute Gasteiger partial charge is 0.230 e. The van der Waals surface area contributed by atoms with Gasteiger partial charge in [0.2, 0.25) is 5.91 Å². The van der Waals surface area contributed by atoms with E-state index < -0.39 is 0 Å². The Kier molecular flexibility index (Phi) is 5.69. The fourth-order valence-electron chi connectivity index (χ4n) is 2.91. The van der Waals surface area contributed by atoms with Gasteiger partial charge in [0, 0.05) is 11.7 Å². The zero-order chi connectivity index (χ0) is 15.9. The molecule has 0 saturated heterocycles. The number of nitrogens with zero attached hydrogens (tertiary/aromatic N) is 3. The van der Waals surface area contributed by atoms with E-state index in [9.17, 15) is 4.79 Å². The van der Waals surface area contributed by atoms with E-state index in [1.54, 1.807) is 6.33 Å². The molecule has 23 heavy (non-hydrogen) atoms. The summed E-state index contributed by atoms with van der Waals surface area (Å²) >= 11 is 1.43. The molecule has 0 unspecified atom stereocenters. The summed E-state index contributed by atoms with van der Waals surface area (Å²) < 4.78 is 1.91. The van der Waals surface area contributed by atoms with Crippen molar-refractivity contribution in [3.8, 4) is 5.69 Å². The summed E-state index contributed by atoms with van der Waals surface area (Å²) in [6.07, 6.45) is 8.93. The van der Waals surface area contributed by atoms with Gasteiger partial charge in [0.25, 0.3) is 0 Å². The molecule has 3 rings (SSSR count). The lowest BCUT2D eigenvalue weighted by atomic mass is 10.1. The van der Waals surface area contributed by atoms with Crippen molar-refractivity contribution in [2.45, 2.75) is 49.7 Å². The Balaban J connectivity index is 1.54. The number of aromatic nitrogens is 3. The second-order valence-corrected chi connectivity index (χ2v) is 6.81. The molecule has 122 valence electrons. The molecule has 0 atom stereocenters. The van der Waals surface area contributed by atoms with Crippen molar-refractivity contribution in [3.05, 3.63) is 36.7 Å². The lowest BCUT2D eigenvalue weighted by molar-refractivity contribution is -0.119. The number of carbonyl (C=O) groups excluding carboxylic acids is 1. The molecular formula is C17H22N4OS. The van der Waals surface area contributed by atoms with Crippen molar-refractivity contribution < 1.29 is 4.79 Å². The van der Waals surface area contributed by atoms with E-state index in [1.165, 1.54) is 37.4 Å². The van der Waals surface area contributed by atoms with Crippen molar-refractivity contribution >= 4 is 17.7 Å². The molecule has 1 aliphatic carbocycles. The third-order valence-corrected chi connectivity index (χ3v) is 5.05. The highest BCUT2D eigenvalue weighted by Crippen LogP contribution is 2.20. The third-order valence-electron chi connectivity index (χ3n) is 4.10. The number of para-hydroxylation sites is 1. The Bertz CT molecular complexity index is 621. The lowest BCUT2D eigenvalue weighted by Gasteiger charge is -2.15. The van der Waals surface area contributed by atoms with Crippen LogP contribution in [0.3, 0.4) is 0 Å². The van der Waals surface area contributed by atoms with Gasteiger partial charge in [-0.2, -0.15) is 0 Å². The Morgan fingerprint density at radius 1 is 1.17 bits per heavy atom. The van der Waals surface area contributed by atoms with Gasteiger partial charge in [-0.05, 0) is 25.0 Å². The van der Waals surface area contributed by atoms with Crippen LogP contribution in [0.15, 0.2) is 41.8 Å². The fraction of sp³-hybridized carbons (Fsp3) is 0.471. The maximum atomic E-state index is 12.2. The highest BCUT2D eigenvalue weighted by atomic mass is 32.2. The van der Waals surface area contributed by atoms with Crippen LogP contribution in [0.5, 0.6) is 0 Å². The van der Waals surface area contributed by atoms with E-state index in [0.29, 0.717) is 11.8 Å². The minimum Gasteiger partial charge on any atom is -0.353 e. The van der Waals surface area contributed by atoms with Gasteiger partial charge < -0.3 is 5.32 Å². The first-order valence-corrected chi connectivity index (χ1v) is 9.19. The summed E-state index contributed by atoms with van der Waals surface area (Å²) in [7, 11) is 0. The van der Waals surface area contributed by atoms with Crippen LogP contribution >= 0.6 is 11.8 Å². The van der Waals surface area contributed by atoms with Crippen LogP contribution in [0, 0.1) is 0 Å². The fourth-order valence-corrected chi connectivity index (χ4v) is 3.65. The van der Waals surface area contributed by atoms with E-state index in [4.69, 9.17) is 0 Å². The average Bonchev–Trinajstić information content (AvgIpc) is 2.91. The molecule has 0 aliphatic heterocycles. The monoisotopic (exact) mass is 330 g/mol. The topological polar surface area (TPSA) is 59.8 Å². The van der Waals surface area contributed by atoms with Gasteiger partial charge in [0.05, 0.1) is 5.75 Å². The van der Waals surface area contributed by atoms with Gasteiger partial charge in [-0.3, -0.25) is 9.36 Å². The molecule has 0 spiro atoms. The molecular weight excluding hydrogens is 308 g/mol. The van der Waals surface area contributed by atoms with E-state index in [0.717, 1.165) is 23.7 Å². The van der Waals surface area contributed by atoms with Crippen molar-refractivity contribution in [2.75, 3.05) is 5.75 Å². The largest absolute Gasteiger partial charge is 0.353 e. The van der Waals surface area contributed by atoms with Crippen LogP contribution < -0.4 is 5.32 Å². The molecule has 1 amide bonds. The molecule has 1 aliphatic rings. The molecule has 6 heteroatoms. The first-order valence-electron chi connectivity index (χ1n) is 8.20. The molecule has 0 bridgehead atoms. The number of benzene rings is 1. The van der Waals surface area contributed by atoms with E-state index in [-0.39, 0.29) is 5.91 Å². The Morgan fingerprint density at radius 3 is 2.65 bits per heavy atom. The van der Waals surface area contributed by atoms with Gasteiger partial charge in [-0.25, -0.2) is 0 Å². The van der Waals surface area contributed by atoms with Gasteiger partial charge in [0.1, 0.15) is 6.33 Å². The van der Waals surface area contributed by atoms with Crippen molar-refractivity contribution in [3.63, 3.8) is 0 Å². The third kappa shape index (κ3) is 4.58. The molecule has 1 N–H and O–H groups in total. The van der Waals surface area contributed by atoms with Crippen molar-refractivity contribution in [1.29, 1.82) is 0 Å². The summed E-state index contributed by atoms with van der Waals surface area (Å²) in [4.78, 5) is 12.2. The maximum Gasteiger partial charge on any atom is 0.230 e. The number of nitrogens with one attached hydrogen (secondary N) is 1. The van der Waals surface area contributed by atoms with E-state index in [1.807, 2.05) is 34.9 Å². The predicted molar refractivity (Wildman–Crippen MR) is 91.7 cm³/mol. The molecule has 5 nitrogen and oxygen atoms in total. The maximum absolute atomic E-state index is 12.2. The highest BCUT2D eigenvalue weighted by molar-refractivity contribution is 7.99. The van der Waals surface area contributed by atoms with Gasteiger partial charge in [0.15, 0.2) is 5.16 Å². The lowest BCUT2D eigenvalue weighted by Crippen LogP contribution is -2.35. The summed E-state index contributed by atoms with van der Waals surface area (Å²) in [5.74, 6) is 0.465. The number of rotatable bonds is 5. The summed E-state index contributed by atoms with van der Waals surface area (Å²) in [5.41, 5.74) is 1.00. The van der Waals surface area contributed by atoms with Crippen molar-refractivity contribution in [1.82, 2.24) is 20.1 Å². The Labute approximate surface area is 140 Å². The molecule has 1 heterocycles. The second-order valence-electron chi connectivity index (χ2n) is 5.86. The molecule has 0 radical (unpaired) electrons. The summed E-state index contributed by atoms with van der Waals surface area (Å²) in [5, 5.41) is 12.0. The number of carbonyl (C=O) groups is 1. The molecule has 1 saturated carbocycles. The molecule has 1 fully saturated rings. The predicted octanol–water partition coefficient (Wildman–Crippen LogP) is 3.20. The van der Waals surface area contributed by atoms with Crippen LogP contribution in [0.4, 0.5) is 0 Å². The number of amides is 1. The number of hydrogen-bond acceptors (Lipinski definition) is 4. The minimum atomic E-state index is 0.0875. The first-order chi connectivity index (χ1) is 11.3. The SMILES string of the molecule is O=C(CSc1nncn1-c1ccccc1)NC1CCCCCC1. The molecule has 1 aromatic heterocycles. The van der Waals surface area contributed by atoms with E-state index in [2.05, 4.69) is 15.5 Å². The molecule has 1 aromatic carbocycles. The number of hydrogen-bond donors (Lipinski definition) is 1. The van der Waals surface area contributed by atoms with Gasteiger partial charge in [-0.1, -0.05) is 55.6 Å². The van der Waals surface area contributed by atoms with Crippen LogP contribution in [0.2, 0.25) is 0 Å². The average molecular weight is 330 g/mol. The zero-order valence-corrected chi connectivity index (χ0v) is 14.0. The standard InChI is InChI=1S/C17H22N4OS/c22-16(19-14-8-4-1-2-5-9-14)12-23-17-20-18-13-21(17)15-10-6-3-7-11-15/h3,6-7,10-11,13-14H,1-2,4-5,8-9,12H2,(H,19,22). The minimum absolute atomic E-state index is 0.0875. The molecule has 2 aromatic rings. The highest BCUT2D eigenvalue weighted by Gasteiger charge is 2.16. The van der Waals surface area contributed by atoms with Crippen LogP contribution in [-0.4, -0.2) is 32.5 Å². The van der Waals surface area contributed by atoms with Crippen molar-refractivity contribution in [2.24, 2.45) is 0 Å². The quantitative estimate of drug-likeness (QED) is 0.675. The van der Waals surface area contributed by atoms with Crippen LogP contribution in [0.1, 0.15) is 38.5 Å². The Hall–Kier alpha value is -1.82. The van der Waals surface area contributed by atoms with E-state index >= 15 is 0 Å². The number of thioether (sulfide) groups is 1. The second kappa shape index (κ2) is 8.15.